The van der Waals surface area contributed by atoms with Gasteiger partial charge >= 0.3 is 6.18 Å². The zero-order valence-electron chi connectivity index (χ0n) is 20.8. The normalized spacial score (nSPS) is 12.1. The Hall–Kier alpha value is -3.30. The molecule has 1 aromatic carbocycles. The monoisotopic (exact) mass is 502 g/mol. The number of nitrogens with one attached hydrogen (secondary N) is 2. The number of benzene rings is 1. The van der Waals surface area contributed by atoms with E-state index in [2.05, 4.69) is 25.2 Å². The van der Waals surface area contributed by atoms with Gasteiger partial charge in [-0.05, 0) is 43.9 Å². The molecule has 0 unspecified atom stereocenters. The van der Waals surface area contributed by atoms with Crippen LogP contribution >= 0.6 is 0 Å². The first-order chi connectivity index (χ1) is 17.3. The van der Waals surface area contributed by atoms with E-state index in [0.29, 0.717) is 11.5 Å². The largest absolute Gasteiger partial charge is 0.417 e. The SMILES string of the molecule is CCc1c(C)c2c3c(C(F)(F)F)cc(=O)[nH]c3ccc2n1CCCCCCCCCNn1cnnc1. The highest BCUT2D eigenvalue weighted by Gasteiger charge is 2.34. The molecular weight excluding hydrogens is 469 g/mol. The van der Waals surface area contributed by atoms with E-state index in [-0.39, 0.29) is 10.9 Å². The molecule has 4 aromatic rings. The molecule has 0 amide bonds. The maximum absolute atomic E-state index is 13.9. The van der Waals surface area contributed by atoms with E-state index < -0.39 is 17.3 Å². The number of nitrogens with zero attached hydrogens (tertiary/aromatic N) is 4. The van der Waals surface area contributed by atoms with E-state index in [0.717, 1.165) is 68.4 Å². The molecule has 0 aliphatic heterocycles. The summed E-state index contributed by atoms with van der Waals surface area (Å²) in [6.07, 6.45) is 7.20. The van der Waals surface area contributed by atoms with E-state index in [9.17, 15) is 18.0 Å². The van der Waals surface area contributed by atoms with Gasteiger partial charge in [0.05, 0.1) is 5.56 Å². The second-order valence-corrected chi connectivity index (χ2v) is 9.26. The van der Waals surface area contributed by atoms with Crippen LogP contribution in [0.2, 0.25) is 0 Å². The van der Waals surface area contributed by atoms with Crippen molar-refractivity contribution in [3.05, 3.63) is 58.0 Å². The first kappa shape index (κ1) is 25.8. The number of hydrogen-bond donors (Lipinski definition) is 2. The number of alkyl halides is 3. The summed E-state index contributed by atoms with van der Waals surface area (Å²) in [7, 11) is 0. The first-order valence-electron chi connectivity index (χ1n) is 12.6. The van der Waals surface area contributed by atoms with Crippen LogP contribution in [0.15, 0.2) is 35.6 Å². The molecule has 4 rings (SSSR count). The minimum absolute atomic E-state index is 0.0874. The third kappa shape index (κ3) is 5.57. The molecule has 0 fully saturated rings. The number of H-pyrrole nitrogens is 1. The molecule has 3 aromatic heterocycles. The van der Waals surface area contributed by atoms with Gasteiger partial charge in [0.2, 0.25) is 5.56 Å². The number of unbranched alkanes of at least 4 members (excludes halogenated alkanes) is 6. The molecule has 2 N–H and O–H groups in total. The lowest BCUT2D eigenvalue weighted by molar-refractivity contribution is -0.136. The maximum Gasteiger partial charge on any atom is 0.417 e. The van der Waals surface area contributed by atoms with Crippen LogP contribution in [-0.4, -0.2) is 31.0 Å². The molecule has 0 radical (unpaired) electrons. The Kier molecular flexibility index (Phi) is 8.01. The Balaban J connectivity index is 1.39. The van der Waals surface area contributed by atoms with Crippen molar-refractivity contribution in [2.24, 2.45) is 0 Å². The van der Waals surface area contributed by atoms with Crippen LogP contribution in [0.4, 0.5) is 13.2 Å². The molecule has 7 nitrogen and oxygen atoms in total. The molecular formula is C26H33F3N6O. The molecule has 0 bridgehead atoms. The van der Waals surface area contributed by atoms with Crippen molar-refractivity contribution < 1.29 is 13.2 Å². The highest BCUT2D eigenvalue weighted by atomic mass is 19.4. The van der Waals surface area contributed by atoms with E-state index in [1.807, 2.05) is 19.9 Å². The summed E-state index contributed by atoms with van der Waals surface area (Å²) >= 11 is 0. The third-order valence-corrected chi connectivity index (χ3v) is 6.82. The van der Waals surface area contributed by atoms with Crippen molar-refractivity contribution >= 4 is 21.8 Å². The van der Waals surface area contributed by atoms with Crippen LogP contribution in [0.3, 0.4) is 0 Å². The number of hydrogen-bond acceptors (Lipinski definition) is 4. The molecule has 0 atom stereocenters. The van der Waals surface area contributed by atoms with E-state index in [1.54, 1.807) is 23.4 Å². The van der Waals surface area contributed by atoms with Crippen molar-refractivity contribution in [3.8, 4) is 0 Å². The molecule has 194 valence electrons. The van der Waals surface area contributed by atoms with Crippen molar-refractivity contribution in [2.75, 3.05) is 12.0 Å². The van der Waals surface area contributed by atoms with Crippen LogP contribution < -0.4 is 11.0 Å². The van der Waals surface area contributed by atoms with E-state index in [1.165, 1.54) is 12.8 Å². The van der Waals surface area contributed by atoms with Gasteiger partial charge in [0, 0.05) is 46.7 Å². The summed E-state index contributed by atoms with van der Waals surface area (Å²) in [5, 5.41) is 8.18. The van der Waals surface area contributed by atoms with Crippen LogP contribution in [0, 0.1) is 6.92 Å². The lowest BCUT2D eigenvalue weighted by Crippen LogP contribution is -2.14. The lowest BCUT2D eigenvalue weighted by Gasteiger charge is -2.12. The Labute approximate surface area is 207 Å². The minimum Gasteiger partial charge on any atom is -0.344 e. The van der Waals surface area contributed by atoms with Gasteiger partial charge < -0.3 is 15.0 Å². The summed E-state index contributed by atoms with van der Waals surface area (Å²) in [4.78, 5) is 14.5. The first-order valence-corrected chi connectivity index (χ1v) is 12.6. The Morgan fingerprint density at radius 1 is 0.972 bits per heavy atom. The summed E-state index contributed by atoms with van der Waals surface area (Å²) in [5.41, 5.74) is 4.54. The molecule has 0 aliphatic rings. The molecule has 0 aliphatic carbocycles. The average Bonchev–Trinajstić information content (AvgIpc) is 3.45. The molecule has 0 saturated carbocycles. The van der Waals surface area contributed by atoms with Crippen LogP contribution in [0.1, 0.15) is 68.7 Å². The van der Waals surface area contributed by atoms with Gasteiger partial charge in [0.15, 0.2) is 0 Å². The number of aromatic nitrogens is 5. The minimum atomic E-state index is -4.60. The quantitative estimate of drug-likeness (QED) is 0.235. The summed E-state index contributed by atoms with van der Waals surface area (Å²) < 4.78 is 45.5. The van der Waals surface area contributed by atoms with Gasteiger partial charge in [0.25, 0.3) is 0 Å². The average molecular weight is 503 g/mol. The van der Waals surface area contributed by atoms with E-state index >= 15 is 0 Å². The number of pyridine rings is 1. The third-order valence-electron chi connectivity index (χ3n) is 6.82. The molecule has 0 spiro atoms. The number of fused-ring (bicyclic) bond motifs is 3. The van der Waals surface area contributed by atoms with Crippen LogP contribution in [-0.2, 0) is 19.1 Å². The number of aromatic amines is 1. The fourth-order valence-electron chi connectivity index (χ4n) is 5.15. The number of halogens is 3. The molecule has 36 heavy (non-hydrogen) atoms. The Morgan fingerprint density at radius 3 is 2.31 bits per heavy atom. The predicted molar refractivity (Wildman–Crippen MR) is 136 cm³/mol. The van der Waals surface area contributed by atoms with Crippen molar-refractivity contribution in [1.82, 2.24) is 24.4 Å². The molecule has 0 saturated heterocycles. The predicted octanol–water partition coefficient (Wildman–Crippen LogP) is 5.94. The van der Waals surface area contributed by atoms with Gasteiger partial charge in [-0.15, -0.1) is 10.2 Å². The van der Waals surface area contributed by atoms with Gasteiger partial charge in [-0.2, -0.15) is 13.2 Å². The zero-order valence-corrected chi connectivity index (χ0v) is 20.8. The Morgan fingerprint density at radius 2 is 1.64 bits per heavy atom. The van der Waals surface area contributed by atoms with Crippen molar-refractivity contribution in [3.63, 3.8) is 0 Å². The highest BCUT2D eigenvalue weighted by molar-refractivity contribution is 6.09. The zero-order chi connectivity index (χ0) is 25.7. The molecule has 10 heteroatoms. The van der Waals surface area contributed by atoms with Gasteiger partial charge in [-0.3, -0.25) is 4.79 Å². The fraction of sp³-hybridized carbons (Fsp3) is 0.500. The second-order valence-electron chi connectivity index (χ2n) is 9.26. The fourth-order valence-corrected chi connectivity index (χ4v) is 5.15. The second kappa shape index (κ2) is 11.2. The summed E-state index contributed by atoms with van der Waals surface area (Å²) in [5.74, 6) is 0. The number of aryl methyl sites for hydroxylation is 2. The summed E-state index contributed by atoms with van der Waals surface area (Å²) in [6, 6.07) is 4.12. The smallest absolute Gasteiger partial charge is 0.344 e. The molecule has 3 heterocycles. The van der Waals surface area contributed by atoms with Gasteiger partial charge in [-0.1, -0.05) is 39.0 Å². The standard InChI is InChI=1S/C26H33F3N6O/c1-3-21-18(2)24-22(12-11-20-25(24)19(26(27,28)29)15-23(36)33-20)35(21)14-10-8-6-4-5-7-9-13-32-34-16-30-31-17-34/h11-12,15-17,32H,3-10,13-14H2,1-2H3,(H,33,36). The van der Waals surface area contributed by atoms with Crippen molar-refractivity contribution in [1.29, 1.82) is 0 Å². The van der Waals surface area contributed by atoms with Gasteiger partial charge in [0.1, 0.15) is 12.7 Å². The Bertz CT molecular complexity index is 1350. The maximum atomic E-state index is 13.9. The van der Waals surface area contributed by atoms with Gasteiger partial charge in [-0.25, -0.2) is 4.68 Å². The highest BCUT2D eigenvalue weighted by Crippen LogP contribution is 2.39. The van der Waals surface area contributed by atoms with Crippen LogP contribution in [0.25, 0.3) is 21.8 Å². The number of rotatable bonds is 12. The van der Waals surface area contributed by atoms with Crippen molar-refractivity contribution in [2.45, 2.75) is 77.9 Å². The van der Waals surface area contributed by atoms with Crippen LogP contribution in [0.5, 0.6) is 0 Å². The lowest BCUT2D eigenvalue weighted by atomic mass is 10.0. The van der Waals surface area contributed by atoms with E-state index in [4.69, 9.17) is 0 Å². The topological polar surface area (TPSA) is 80.5 Å². The summed E-state index contributed by atoms with van der Waals surface area (Å²) in [6.45, 7) is 5.58.